The Morgan fingerprint density at radius 2 is 2.11 bits per heavy atom. The molecular weight excluding hydrogens is 240 g/mol. The highest BCUT2D eigenvalue weighted by Crippen LogP contribution is 2.16. The molecule has 4 nitrogen and oxygen atoms in total. The molecular formula is C15H24N2O2. The molecule has 19 heavy (non-hydrogen) atoms. The second kappa shape index (κ2) is 8.53. The summed E-state index contributed by atoms with van der Waals surface area (Å²) in [6.07, 6.45) is 1.80. The maximum atomic E-state index is 11.5. The third-order valence-corrected chi connectivity index (χ3v) is 3.07. The van der Waals surface area contributed by atoms with Crippen LogP contribution in [0.4, 0.5) is 0 Å². The van der Waals surface area contributed by atoms with E-state index in [9.17, 15) is 4.79 Å². The fraction of sp³-hybridized carbons (Fsp3) is 0.533. The van der Waals surface area contributed by atoms with Gasteiger partial charge in [-0.25, -0.2) is 0 Å². The molecule has 1 atom stereocenters. The third-order valence-electron chi connectivity index (χ3n) is 3.07. The number of para-hydroxylation sites is 1. The highest BCUT2D eigenvalue weighted by molar-refractivity contribution is 5.78. The third kappa shape index (κ3) is 5.75. The van der Waals surface area contributed by atoms with Gasteiger partial charge in [0.15, 0.2) is 0 Å². The van der Waals surface area contributed by atoms with Crippen molar-refractivity contribution in [2.24, 2.45) is 0 Å². The zero-order valence-electron chi connectivity index (χ0n) is 12.0. The van der Waals surface area contributed by atoms with Crippen LogP contribution < -0.4 is 15.4 Å². The summed E-state index contributed by atoms with van der Waals surface area (Å²) in [5, 5.41) is 6.07. The first-order valence-electron chi connectivity index (χ1n) is 6.79. The zero-order chi connectivity index (χ0) is 14.1. The fourth-order valence-electron chi connectivity index (χ4n) is 1.76. The van der Waals surface area contributed by atoms with E-state index in [0.717, 1.165) is 30.7 Å². The summed E-state index contributed by atoms with van der Waals surface area (Å²) in [5.41, 5.74) is 1.15. The van der Waals surface area contributed by atoms with Gasteiger partial charge in [0.25, 0.3) is 0 Å². The lowest BCUT2D eigenvalue weighted by Gasteiger charge is -2.12. The number of carbonyl (C=O) groups is 1. The summed E-state index contributed by atoms with van der Waals surface area (Å²) in [6, 6.07) is 8.18. The van der Waals surface area contributed by atoms with Gasteiger partial charge in [0.1, 0.15) is 5.75 Å². The Balaban J connectivity index is 2.25. The van der Waals surface area contributed by atoms with Gasteiger partial charge in [0.2, 0.25) is 5.91 Å². The number of methoxy groups -OCH3 is 1. The first-order chi connectivity index (χ1) is 9.17. The van der Waals surface area contributed by atoms with Gasteiger partial charge in [-0.05, 0) is 37.9 Å². The van der Waals surface area contributed by atoms with Crippen LogP contribution >= 0.6 is 0 Å². The minimum Gasteiger partial charge on any atom is -0.496 e. The molecule has 4 heteroatoms. The first-order valence-corrected chi connectivity index (χ1v) is 6.79. The van der Waals surface area contributed by atoms with Crippen LogP contribution in [0.2, 0.25) is 0 Å². The predicted octanol–water partition coefficient (Wildman–Crippen LogP) is 1.74. The molecule has 0 heterocycles. The van der Waals surface area contributed by atoms with Crippen molar-refractivity contribution >= 4 is 5.91 Å². The molecule has 0 saturated carbocycles. The quantitative estimate of drug-likeness (QED) is 0.703. The van der Waals surface area contributed by atoms with Gasteiger partial charge in [-0.1, -0.05) is 25.1 Å². The van der Waals surface area contributed by atoms with E-state index in [2.05, 4.69) is 17.6 Å². The summed E-state index contributed by atoms with van der Waals surface area (Å²) < 4.78 is 5.28. The number of hydrogen-bond acceptors (Lipinski definition) is 3. The molecule has 0 radical (unpaired) electrons. The van der Waals surface area contributed by atoms with Crippen molar-refractivity contribution in [2.45, 2.75) is 32.7 Å². The summed E-state index contributed by atoms with van der Waals surface area (Å²) >= 11 is 0. The maximum Gasteiger partial charge on any atom is 0.234 e. The lowest BCUT2D eigenvalue weighted by molar-refractivity contribution is -0.120. The molecule has 0 aromatic heterocycles. The van der Waals surface area contributed by atoms with Gasteiger partial charge in [0, 0.05) is 6.04 Å². The molecule has 2 N–H and O–H groups in total. The highest BCUT2D eigenvalue weighted by Gasteiger charge is 2.05. The average molecular weight is 264 g/mol. The van der Waals surface area contributed by atoms with Gasteiger partial charge in [-0.3, -0.25) is 4.79 Å². The molecule has 0 aliphatic rings. The summed E-state index contributed by atoms with van der Waals surface area (Å²) in [4.78, 5) is 11.5. The maximum absolute atomic E-state index is 11.5. The number of benzene rings is 1. The Morgan fingerprint density at radius 1 is 1.37 bits per heavy atom. The van der Waals surface area contributed by atoms with Gasteiger partial charge in [-0.15, -0.1) is 0 Å². The van der Waals surface area contributed by atoms with E-state index in [0.29, 0.717) is 6.54 Å². The standard InChI is InChI=1S/C15H24N2O2/c1-4-12(2)17-15(18)11-16-10-9-13-7-5-6-8-14(13)19-3/h5-8,12,16H,4,9-11H2,1-3H3,(H,17,18). The van der Waals surface area contributed by atoms with Crippen molar-refractivity contribution in [3.8, 4) is 5.75 Å². The SMILES string of the molecule is CCC(C)NC(=O)CNCCc1ccccc1OC. The van der Waals surface area contributed by atoms with E-state index in [-0.39, 0.29) is 11.9 Å². The minimum atomic E-state index is 0.0503. The predicted molar refractivity (Wildman–Crippen MR) is 77.5 cm³/mol. The van der Waals surface area contributed by atoms with Crippen LogP contribution in [0.25, 0.3) is 0 Å². The molecule has 106 valence electrons. The van der Waals surface area contributed by atoms with Gasteiger partial charge in [0.05, 0.1) is 13.7 Å². The van der Waals surface area contributed by atoms with Crippen molar-refractivity contribution in [2.75, 3.05) is 20.2 Å². The van der Waals surface area contributed by atoms with Gasteiger partial charge in [-0.2, -0.15) is 0 Å². The lowest BCUT2D eigenvalue weighted by Crippen LogP contribution is -2.39. The monoisotopic (exact) mass is 264 g/mol. The van der Waals surface area contributed by atoms with E-state index in [1.807, 2.05) is 31.2 Å². The molecule has 0 aliphatic heterocycles. The number of carbonyl (C=O) groups excluding carboxylic acids is 1. The van der Waals surface area contributed by atoms with Gasteiger partial charge < -0.3 is 15.4 Å². The smallest absolute Gasteiger partial charge is 0.234 e. The molecule has 0 bridgehead atoms. The number of ether oxygens (including phenoxy) is 1. The number of amides is 1. The van der Waals surface area contributed by atoms with Crippen LogP contribution in [0.5, 0.6) is 5.75 Å². The van der Waals surface area contributed by atoms with Crippen LogP contribution in [0.15, 0.2) is 24.3 Å². The second-order valence-electron chi connectivity index (χ2n) is 4.62. The van der Waals surface area contributed by atoms with Crippen LogP contribution in [0, 0.1) is 0 Å². The average Bonchev–Trinajstić information content (AvgIpc) is 2.43. The van der Waals surface area contributed by atoms with Crippen molar-refractivity contribution in [3.63, 3.8) is 0 Å². The molecule has 0 aliphatic carbocycles. The Hall–Kier alpha value is -1.55. The normalized spacial score (nSPS) is 11.9. The minimum absolute atomic E-state index is 0.0503. The van der Waals surface area contributed by atoms with Crippen LogP contribution in [0.3, 0.4) is 0 Å². The second-order valence-corrected chi connectivity index (χ2v) is 4.62. The van der Waals surface area contributed by atoms with E-state index in [1.165, 1.54) is 0 Å². The Kier molecular flexibility index (Phi) is 6.97. The molecule has 1 aromatic rings. The molecule has 0 fully saturated rings. The molecule has 0 spiro atoms. The molecule has 1 aromatic carbocycles. The Morgan fingerprint density at radius 3 is 2.79 bits per heavy atom. The summed E-state index contributed by atoms with van der Waals surface area (Å²) in [6.45, 7) is 5.18. The molecule has 1 unspecified atom stereocenters. The van der Waals surface area contributed by atoms with Crippen molar-refractivity contribution in [3.05, 3.63) is 29.8 Å². The van der Waals surface area contributed by atoms with E-state index < -0.39 is 0 Å². The van der Waals surface area contributed by atoms with Crippen molar-refractivity contribution < 1.29 is 9.53 Å². The molecule has 1 rings (SSSR count). The van der Waals surface area contributed by atoms with Gasteiger partial charge >= 0.3 is 0 Å². The Bertz CT molecular complexity index is 393. The summed E-state index contributed by atoms with van der Waals surface area (Å²) in [7, 11) is 1.67. The van der Waals surface area contributed by atoms with Crippen LogP contribution in [0.1, 0.15) is 25.8 Å². The number of rotatable bonds is 8. The molecule has 0 saturated heterocycles. The lowest BCUT2D eigenvalue weighted by atomic mass is 10.1. The number of hydrogen-bond donors (Lipinski definition) is 2. The van der Waals surface area contributed by atoms with Crippen LogP contribution in [-0.4, -0.2) is 32.1 Å². The Labute approximate surface area is 115 Å². The van der Waals surface area contributed by atoms with E-state index >= 15 is 0 Å². The first kappa shape index (κ1) is 15.5. The fourth-order valence-corrected chi connectivity index (χ4v) is 1.76. The van der Waals surface area contributed by atoms with E-state index in [4.69, 9.17) is 4.74 Å². The number of nitrogens with one attached hydrogen (secondary N) is 2. The van der Waals surface area contributed by atoms with Crippen molar-refractivity contribution in [1.82, 2.24) is 10.6 Å². The zero-order valence-corrected chi connectivity index (χ0v) is 12.0. The van der Waals surface area contributed by atoms with E-state index in [1.54, 1.807) is 7.11 Å². The highest BCUT2D eigenvalue weighted by atomic mass is 16.5. The van der Waals surface area contributed by atoms with Crippen LogP contribution in [-0.2, 0) is 11.2 Å². The molecule has 1 amide bonds. The largest absolute Gasteiger partial charge is 0.496 e. The summed E-state index contributed by atoms with van der Waals surface area (Å²) in [5.74, 6) is 0.947. The topological polar surface area (TPSA) is 50.4 Å². The van der Waals surface area contributed by atoms with Crippen molar-refractivity contribution in [1.29, 1.82) is 0 Å².